The van der Waals surface area contributed by atoms with Crippen LogP contribution < -0.4 is 15.8 Å². The fraction of sp³-hybridized carbons (Fsp3) is 0.412. The molecule has 0 saturated carbocycles. The lowest BCUT2D eigenvalue weighted by Crippen LogP contribution is -2.40. The summed E-state index contributed by atoms with van der Waals surface area (Å²) in [5.41, 5.74) is 5.13. The second-order valence-corrected chi connectivity index (χ2v) is 6.22. The molecule has 0 radical (unpaired) electrons. The Kier molecular flexibility index (Phi) is 5.74. The zero-order valence-electron chi connectivity index (χ0n) is 15.0. The molecule has 3 heterocycles. The first-order chi connectivity index (χ1) is 13.1. The highest BCUT2D eigenvalue weighted by Crippen LogP contribution is 2.35. The Morgan fingerprint density at radius 1 is 1.33 bits per heavy atom. The quantitative estimate of drug-likeness (QED) is 0.585. The van der Waals surface area contributed by atoms with Crippen molar-refractivity contribution in [2.75, 3.05) is 16.9 Å². The van der Waals surface area contributed by atoms with Crippen molar-refractivity contribution in [2.45, 2.75) is 38.6 Å². The zero-order valence-corrected chi connectivity index (χ0v) is 15.0. The van der Waals surface area contributed by atoms with Gasteiger partial charge in [0, 0.05) is 30.5 Å². The number of hydrogen-bond acceptors (Lipinski definition) is 8. The summed E-state index contributed by atoms with van der Waals surface area (Å²) in [4.78, 5) is 37.3. The van der Waals surface area contributed by atoms with Gasteiger partial charge in [-0.1, -0.05) is 6.92 Å². The maximum Gasteiger partial charge on any atom is 0.355 e. The maximum atomic E-state index is 12.2. The summed E-state index contributed by atoms with van der Waals surface area (Å²) in [7, 11) is 0. The minimum Gasteiger partial charge on any atom is -0.348 e. The topological polar surface area (TPSA) is 126 Å². The molecule has 0 aliphatic carbocycles. The van der Waals surface area contributed by atoms with Crippen LogP contribution in [0, 0.1) is 10.1 Å². The summed E-state index contributed by atoms with van der Waals surface area (Å²) in [6.45, 7) is 2.77. The molecular weight excluding hydrogens is 350 g/mol. The second kappa shape index (κ2) is 8.39. The highest BCUT2D eigenvalue weighted by Gasteiger charge is 2.31. The van der Waals surface area contributed by atoms with Gasteiger partial charge in [0.1, 0.15) is 6.33 Å². The molecule has 1 saturated heterocycles. The van der Waals surface area contributed by atoms with Crippen LogP contribution in [0.4, 0.5) is 17.3 Å². The molecule has 3 rings (SSSR count). The number of nitrogens with one attached hydrogen (secondary N) is 2. The molecule has 27 heavy (non-hydrogen) atoms. The first-order valence-corrected chi connectivity index (χ1v) is 8.84. The maximum absolute atomic E-state index is 12.2. The Morgan fingerprint density at radius 3 is 2.81 bits per heavy atom. The Balaban J connectivity index is 1.85. The minimum atomic E-state index is -0.516. The lowest BCUT2D eigenvalue weighted by molar-refractivity contribution is -0.383. The lowest BCUT2D eigenvalue weighted by Gasteiger charge is -2.35. The van der Waals surface area contributed by atoms with Crippen LogP contribution in [0.2, 0.25) is 0 Å². The summed E-state index contributed by atoms with van der Waals surface area (Å²) in [6, 6.07) is 3.28. The third-order valence-corrected chi connectivity index (χ3v) is 4.59. The van der Waals surface area contributed by atoms with Crippen LogP contribution in [-0.4, -0.2) is 38.4 Å². The van der Waals surface area contributed by atoms with Crippen LogP contribution in [0.25, 0.3) is 0 Å². The third kappa shape index (κ3) is 4.10. The lowest BCUT2D eigenvalue weighted by atomic mass is 10.00. The number of amides is 1. The van der Waals surface area contributed by atoms with E-state index in [1.54, 1.807) is 0 Å². The van der Waals surface area contributed by atoms with Crippen LogP contribution in [0.1, 0.15) is 43.0 Å². The Morgan fingerprint density at radius 2 is 2.11 bits per heavy atom. The number of piperidine rings is 1. The number of rotatable bonds is 6. The Labute approximate surface area is 156 Å². The molecule has 2 N–H and O–H groups in total. The molecule has 2 aromatic heterocycles. The van der Waals surface area contributed by atoms with Gasteiger partial charge in [0.15, 0.2) is 0 Å². The number of hydrazine groups is 1. The number of anilines is 2. The summed E-state index contributed by atoms with van der Waals surface area (Å²) in [6.07, 6.45) is 8.15. The number of carbonyl (C=O) groups is 1. The van der Waals surface area contributed by atoms with Gasteiger partial charge in [0.05, 0.1) is 4.92 Å². The standard InChI is InChI=1S/C17H21N7O3/c1-2-13-5-3-4-10-23(13)16-14(24(26)27)15(19-11-20-16)21-22-17(25)12-6-8-18-9-7-12/h6-9,11,13H,2-5,10H2,1H3,(H,22,25)(H,19,20,21). The molecule has 1 fully saturated rings. The highest BCUT2D eigenvalue weighted by atomic mass is 16.6. The molecule has 1 aliphatic heterocycles. The first kappa shape index (κ1) is 18.5. The summed E-state index contributed by atoms with van der Waals surface area (Å²) >= 11 is 0. The van der Waals surface area contributed by atoms with Crippen molar-refractivity contribution in [3.05, 3.63) is 46.5 Å². The average Bonchev–Trinajstić information content (AvgIpc) is 2.72. The first-order valence-electron chi connectivity index (χ1n) is 8.84. The van der Waals surface area contributed by atoms with Gasteiger partial charge in [-0.2, -0.15) is 0 Å². The SMILES string of the molecule is CCC1CCCCN1c1ncnc(NNC(=O)c2ccncc2)c1[N+](=O)[O-]. The number of hydrogen-bond donors (Lipinski definition) is 2. The van der Waals surface area contributed by atoms with Gasteiger partial charge in [-0.15, -0.1) is 0 Å². The fourth-order valence-electron chi connectivity index (χ4n) is 3.23. The van der Waals surface area contributed by atoms with Crippen molar-refractivity contribution in [1.82, 2.24) is 20.4 Å². The van der Waals surface area contributed by atoms with E-state index in [0.29, 0.717) is 12.1 Å². The zero-order chi connectivity index (χ0) is 19.2. The van der Waals surface area contributed by atoms with E-state index in [1.165, 1.54) is 30.9 Å². The molecule has 0 aromatic carbocycles. The van der Waals surface area contributed by atoms with E-state index in [0.717, 1.165) is 25.7 Å². The molecule has 10 nitrogen and oxygen atoms in total. The molecule has 0 bridgehead atoms. The molecule has 0 spiro atoms. The van der Waals surface area contributed by atoms with Gasteiger partial charge in [0.2, 0.25) is 11.6 Å². The van der Waals surface area contributed by atoms with Crippen LogP contribution in [-0.2, 0) is 0 Å². The third-order valence-electron chi connectivity index (χ3n) is 4.59. The fourth-order valence-corrected chi connectivity index (χ4v) is 3.23. The van der Waals surface area contributed by atoms with Gasteiger partial charge in [0.25, 0.3) is 5.91 Å². The Hall–Kier alpha value is -3.30. The second-order valence-electron chi connectivity index (χ2n) is 6.22. The molecule has 1 amide bonds. The van der Waals surface area contributed by atoms with Crippen molar-refractivity contribution in [3.8, 4) is 0 Å². The van der Waals surface area contributed by atoms with E-state index in [1.807, 2.05) is 4.90 Å². The Bertz CT molecular complexity index is 815. The number of aromatic nitrogens is 3. The van der Waals surface area contributed by atoms with Gasteiger partial charge >= 0.3 is 5.69 Å². The molecule has 1 atom stereocenters. The van der Waals surface area contributed by atoms with Crippen molar-refractivity contribution in [3.63, 3.8) is 0 Å². The average molecular weight is 371 g/mol. The molecular formula is C17H21N7O3. The highest BCUT2D eigenvalue weighted by molar-refractivity contribution is 5.94. The monoisotopic (exact) mass is 371 g/mol. The predicted molar refractivity (Wildman–Crippen MR) is 99.3 cm³/mol. The van der Waals surface area contributed by atoms with E-state index in [-0.39, 0.29) is 23.4 Å². The van der Waals surface area contributed by atoms with E-state index in [2.05, 4.69) is 32.7 Å². The van der Waals surface area contributed by atoms with Crippen LogP contribution in [0.3, 0.4) is 0 Å². The van der Waals surface area contributed by atoms with Crippen LogP contribution >= 0.6 is 0 Å². The van der Waals surface area contributed by atoms with E-state index in [9.17, 15) is 14.9 Å². The number of nitrogens with zero attached hydrogens (tertiary/aromatic N) is 5. The number of nitro groups is 1. The normalized spacial score (nSPS) is 16.6. The van der Waals surface area contributed by atoms with Crippen molar-refractivity contribution in [1.29, 1.82) is 0 Å². The van der Waals surface area contributed by atoms with Crippen molar-refractivity contribution < 1.29 is 9.72 Å². The predicted octanol–water partition coefficient (Wildman–Crippen LogP) is 2.31. The molecule has 10 heteroatoms. The van der Waals surface area contributed by atoms with E-state index >= 15 is 0 Å². The van der Waals surface area contributed by atoms with Crippen LogP contribution in [0.15, 0.2) is 30.9 Å². The largest absolute Gasteiger partial charge is 0.355 e. The van der Waals surface area contributed by atoms with Crippen LogP contribution in [0.5, 0.6) is 0 Å². The van der Waals surface area contributed by atoms with Gasteiger partial charge in [-0.25, -0.2) is 9.97 Å². The number of pyridine rings is 1. The van der Waals surface area contributed by atoms with Gasteiger partial charge in [-0.3, -0.25) is 30.7 Å². The molecule has 1 aliphatic rings. The summed E-state index contributed by atoms with van der Waals surface area (Å²) < 4.78 is 0. The van der Waals surface area contributed by atoms with E-state index < -0.39 is 10.8 Å². The molecule has 1 unspecified atom stereocenters. The molecule has 142 valence electrons. The minimum absolute atomic E-state index is 0.0483. The van der Waals surface area contributed by atoms with Gasteiger partial charge in [-0.05, 0) is 37.8 Å². The number of carbonyl (C=O) groups excluding carboxylic acids is 1. The van der Waals surface area contributed by atoms with E-state index in [4.69, 9.17) is 0 Å². The smallest absolute Gasteiger partial charge is 0.348 e. The van der Waals surface area contributed by atoms with Crippen molar-refractivity contribution in [2.24, 2.45) is 0 Å². The summed E-state index contributed by atoms with van der Waals surface area (Å²) in [5.74, 6) is -0.216. The van der Waals surface area contributed by atoms with Gasteiger partial charge < -0.3 is 4.90 Å². The molecule has 2 aromatic rings. The van der Waals surface area contributed by atoms with Crippen molar-refractivity contribution >= 4 is 23.2 Å². The summed E-state index contributed by atoms with van der Waals surface area (Å²) in [5, 5.41) is 11.7.